The lowest BCUT2D eigenvalue weighted by molar-refractivity contribution is -0.402. The summed E-state index contributed by atoms with van der Waals surface area (Å²) in [5.74, 6) is -0.688. The number of fused-ring (bicyclic) bond motifs is 1. The zero-order valence-electron chi connectivity index (χ0n) is 9.83. The number of furan rings is 1. The number of nitro groups is 1. The SMILES string of the molecule is O=c1[nH]c2ccc(C(Cl)c3ccc([N+](=O)[O-])o3)cc2o1. The molecule has 0 saturated carbocycles. The minimum absolute atomic E-state index is 0.246. The van der Waals surface area contributed by atoms with Gasteiger partial charge in [-0.25, -0.2) is 4.79 Å². The number of halogens is 1. The van der Waals surface area contributed by atoms with Crippen LogP contribution in [0.2, 0.25) is 0 Å². The second-order valence-corrected chi connectivity index (χ2v) is 4.50. The number of benzene rings is 1. The lowest BCUT2D eigenvalue weighted by Crippen LogP contribution is -1.92. The second kappa shape index (κ2) is 4.53. The largest absolute Gasteiger partial charge is 0.433 e. The van der Waals surface area contributed by atoms with Gasteiger partial charge in [0.2, 0.25) is 0 Å². The molecule has 0 aliphatic carbocycles. The summed E-state index contributed by atoms with van der Waals surface area (Å²) in [6, 6.07) is 7.58. The summed E-state index contributed by atoms with van der Waals surface area (Å²) < 4.78 is 9.98. The van der Waals surface area contributed by atoms with Gasteiger partial charge in [0.15, 0.2) is 5.58 Å². The zero-order valence-corrected chi connectivity index (χ0v) is 10.6. The molecule has 0 amide bonds. The summed E-state index contributed by atoms with van der Waals surface area (Å²) in [7, 11) is 0. The third-order valence-corrected chi connectivity index (χ3v) is 3.25. The number of hydrogen-bond acceptors (Lipinski definition) is 5. The molecule has 8 heteroatoms. The van der Waals surface area contributed by atoms with Crippen molar-refractivity contribution >= 4 is 28.6 Å². The molecule has 0 bridgehead atoms. The first-order valence-electron chi connectivity index (χ1n) is 5.55. The number of oxazole rings is 1. The van der Waals surface area contributed by atoms with Crippen LogP contribution in [-0.4, -0.2) is 9.91 Å². The maximum absolute atomic E-state index is 11.1. The first-order valence-corrected chi connectivity index (χ1v) is 5.99. The van der Waals surface area contributed by atoms with Crippen LogP contribution in [-0.2, 0) is 0 Å². The van der Waals surface area contributed by atoms with Crippen molar-refractivity contribution in [1.82, 2.24) is 4.98 Å². The quantitative estimate of drug-likeness (QED) is 0.454. The standard InChI is InChI=1S/C12H7ClN2O5/c13-11(8-3-4-10(19-8)15(17)18)6-1-2-7-9(5-6)20-12(16)14-7/h1-5,11H,(H,14,16). The molecule has 0 aliphatic rings. The molecule has 102 valence electrons. The summed E-state index contributed by atoms with van der Waals surface area (Å²) in [4.78, 5) is 23.5. The van der Waals surface area contributed by atoms with E-state index in [1.54, 1.807) is 18.2 Å². The molecule has 3 rings (SSSR count). The number of hydrogen-bond donors (Lipinski definition) is 1. The van der Waals surface area contributed by atoms with Crippen LogP contribution in [0.5, 0.6) is 0 Å². The fraction of sp³-hybridized carbons (Fsp3) is 0.0833. The third kappa shape index (κ3) is 2.08. The highest BCUT2D eigenvalue weighted by atomic mass is 35.5. The van der Waals surface area contributed by atoms with E-state index >= 15 is 0 Å². The molecule has 7 nitrogen and oxygen atoms in total. The van der Waals surface area contributed by atoms with E-state index in [4.69, 9.17) is 20.4 Å². The summed E-state index contributed by atoms with van der Waals surface area (Å²) in [5.41, 5.74) is 1.51. The van der Waals surface area contributed by atoms with Crippen LogP contribution in [0.15, 0.2) is 44.0 Å². The molecule has 1 N–H and O–H groups in total. The maximum atomic E-state index is 11.1. The Bertz CT molecular complexity index is 847. The fourth-order valence-corrected chi connectivity index (χ4v) is 2.11. The van der Waals surface area contributed by atoms with E-state index < -0.39 is 16.1 Å². The number of rotatable bonds is 3. The van der Waals surface area contributed by atoms with Crippen LogP contribution in [0.25, 0.3) is 11.1 Å². The molecule has 0 fully saturated rings. The van der Waals surface area contributed by atoms with Crippen LogP contribution >= 0.6 is 11.6 Å². The number of nitrogens with zero attached hydrogens (tertiary/aromatic N) is 1. The van der Waals surface area contributed by atoms with Gasteiger partial charge >= 0.3 is 11.6 Å². The Morgan fingerprint density at radius 2 is 2.05 bits per heavy atom. The average Bonchev–Trinajstić information content (AvgIpc) is 3.02. The van der Waals surface area contributed by atoms with Gasteiger partial charge in [0.05, 0.1) is 11.6 Å². The van der Waals surface area contributed by atoms with Crippen LogP contribution in [0, 0.1) is 10.1 Å². The molecule has 2 heterocycles. The number of alkyl halides is 1. The van der Waals surface area contributed by atoms with Crippen molar-refractivity contribution in [3.05, 3.63) is 62.3 Å². The molecular weight excluding hydrogens is 288 g/mol. The smallest absolute Gasteiger partial charge is 0.408 e. The van der Waals surface area contributed by atoms with E-state index in [9.17, 15) is 14.9 Å². The first-order chi connectivity index (χ1) is 9.54. The highest BCUT2D eigenvalue weighted by molar-refractivity contribution is 6.22. The molecule has 0 spiro atoms. The van der Waals surface area contributed by atoms with Gasteiger partial charge in [-0.05, 0) is 23.8 Å². The first kappa shape index (κ1) is 12.5. The molecule has 1 unspecified atom stereocenters. The van der Waals surface area contributed by atoms with Crippen LogP contribution in [0.1, 0.15) is 16.7 Å². The van der Waals surface area contributed by atoms with E-state index in [1.165, 1.54) is 12.1 Å². The van der Waals surface area contributed by atoms with Crippen molar-refractivity contribution in [3.8, 4) is 0 Å². The molecule has 0 radical (unpaired) electrons. The Balaban J connectivity index is 1.99. The Hall–Kier alpha value is -2.54. The van der Waals surface area contributed by atoms with Gasteiger partial charge in [-0.2, -0.15) is 0 Å². The van der Waals surface area contributed by atoms with Crippen molar-refractivity contribution in [1.29, 1.82) is 0 Å². The third-order valence-electron chi connectivity index (χ3n) is 2.78. The minimum Gasteiger partial charge on any atom is -0.408 e. The van der Waals surface area contributed by atoms with Gasteiger partial charge in [-0.3, -0.25) is 15.1 Å². The summed E-state index contributed by atoms with van der Waals surface area (Å²) in [6.45, 7) is 0. The lowest BCUT2D eigenvalue weighted by atomic mass is 10.1. The van der Waals surface area contributed by atoms with Gasteiger partial charge in [-0.15, -0.1) is 11.6 Å². The predicted molar refractivity (Wildman–Crippen MR) is 69.9 cm³/mol. The number of H-pyrrole nitrogens is 1. The number of aromatic amines is 1. The van der Waals surface area contributed by atoms with Crippen molar-refractivity contribution in [2.45, 2.75) is 5.38 Å². The Labute approximate surface area is 115 Å². The molecule has 1 aromatic carbocycles. The Morgan fingerprint density at radius 1 is 1.25 bits per heavy atom. The highest BCUT2D eigenvalue weighted by Crippen LogP contribution is 2.33. The van der Waals surface area contributed by atoms with E-state index in [0.717, 1.165) is 0 Å². The molecule has 1 atom stereocenters. The van der Waals surface area contributed by atoms with Gasteiger partial charge in [0.25, 0.3) is 0 Å². The van der Waals surface area contributed by atoms with Crippen molar-refractivity contribution in [3.63, 3.8) is 0 Å². The van der Waals surface area contributed by atoms with Crippen LogP contribution in [0.4, 0.5) is 5.88 Å². The summed E-state index contributed by atoms with van der Waals surface area (Å²) >= 11 is 6.21. The Morgan fingerprint density at radius 3 is 2.75 bits per heavy atom. The summed E-state index contributed by atoms with van der Waals surface area (Å²) in [6.07, 6.45) is 0. The van der Waals surface area contributed by atoms with Gasteiger partial charge < -0.3 is 8.83 Å². The second-order valence-electron chi connectivity index (χ2n) is 4.07. The van der Waals surface area contributed by atoms with E-state index in [0.29, 0.717) is 16.7 Å². The van der Waals surface area contributed by atoms with E-state index in [-0.39, 0.29) is 11.6 Å². The van der Waals surface area contributed by atoms with E-state index in [2.05, 4.69) is 4.98 Å². The van der Waals surface area contributed by atoms with Crippen LogP contribution < -0.4 is 5.76 Å². The topological polar surface area (TPSA) is 102 Å². The Kier molecular flexibility index (Phi) is 2.83. The van der Waals surface area contributed by atoms with Crippen LogP contribution in [0.3, 0.4) is 0 Å². The van der Waals surface area contributed by atoms with Gasteiger partial charge in [-0.1, -0.05) is 6.07 Å². The lowest BCUT2D eigenvalue weighted by Gasteiger charge is -2.05. The number of nitrogens with one attached hydrogen (secondary N) is 1. The molecule has 0 saturated heterocycles. The molecule has 20 heavy (non-hydrogen) atoms. The average molecular weight is 295 g/mol. The minimum atomic E-state index is -0.715. The normalized spacial score (nSPS) is 12.7. The van der Waals surface area contributed by atoms with Crippen molar-refractivity contribution < 1.29 is 13.8 Å². The van der Waals surface area contributed by atoms with Gasteiger partial charge in [0.1, 0.15) is 16.1 Å². The predicted octanol–water partition coefficient (Wildman–Crippen LogP) is 2.95. The fourth-order valence-electron chi connectivity index (χ4n) is 1.86. The number of aromatic nitrogens is 1. The van der Waals surface area contributed by atoms with Gasteiger partial charge in [0, 0.05) is 0 Å². The molecule has 3 aromatic rings. The monoisotopic (exact) mass is 294 g/mol. The zero-order chi connectivity index (χ0) is 14.3. The molecular formula is C12H7ClN2O5. The maximum Gasteiger partial charge on any atom is 0.433 e. The summed E-state index contributed by atoms with van der Waals surface area (Å²) in [5, 5.41) is 9.85. The highest BCUT2D eigenvalue weighted by Gasteiger charge is 2.20. The molecule has 0 aliphatic heterocycles. The van der Waals surface area contributed by atoms with Crippen molar-refractivity contribution in [2.24, 2.45) is 0 Å². The molecule has 2 aromatic heterocycles. The van der Waals surface area contributed by atoms with E-state index in [1.807, 2.05) is 0 Å². The van der Waals surface area contributed by atoms with Crippen molar-refractivity contribution in [2.75, 3.05) is 0 Å².